The quantitative estimate of drug-likeness (QED) is 0.809. The topological polar surface area (TPSA) is 27.7 Å². The lowest BCUT2D eigenvalue weighted by molar-refractivity contribution is -0.0110. The average Bonchev–Trinajstić information content (AvgIpc) is 2.53. The van der Waals surface area contributed by atoms with Crippen LogP contribution in [0.15, 0.2) is 0 Å². The molecule has 2 saturated heterocycles. The summed E-state index contributed by atoms with van der Waals surface area (Å²) in [4.78, 5) is 5.14. The minimum atomic E-state index is 0.224. The summed E-state index contributed by atoms with van der Waals surface area (Å²) in [6, 6.07) is 0.629. The number of likely N-dealkylation sites (tertiary alicyclic amines) is 1. The van der Waals surface area contributed by atoms with Crippen molar-refractivity contribution in [3.05, 3.63) is 0 Å². The maximum Gasteiger partial charge on any atom is 0.0594 e. The Morgan fingerprint density at radius 2 is 1.76 bits per heavy atom. The zero-order chi connectivity index (χ0) is 15.3. The van der Waals surface area contributed by atoms with E-state index in [1.807, 2.05) is 0 Å². The fourth-order valence-corrected chi connectivity index (χ4v) is 3.63. The highest BCUT2D eigenvalue weighted by Crippen LogP contribution is 2.21. The van der Waals surface area contributed by atoms with E-state index in [-0.39, 0.29) is 5.54 Å². The van der Waals surface area contributed by atoms with Gasteiger partial charge in [-0.3, -0.25) is 4.90 Å². The number of nitrogens with zero attached hydrogens (tertiary/aromatic N) is 2. The highest BCUT2D eigenvalue weighted by Gasteiger charge is 2.30. The van der Waals surface area contributed by atoms with Gasteiger partial charge in [-0.25, -0.2) is 0 Å². The van der Waals surface area contributed by atoms with E-state index in [4.69, 9.17) is 4.74 Å². The normalized spacial score (nSPS) is 25.1. The summed E-state index contributed by atoms with van der Waals surface area (Å²) >= 11 is 0. The number of hydrogen-bond donors (Lipinski definition) is 1. The highest BCUT2D eigenvalue weighted by molar-refractivity contribution is 4.88. The summed E-state index contributed by atoms with van der Waals surface area (Å²) in [6.07, 6.45) is 2.69. The maximum absolute atomic E-state index is 5.47. The van der Waals surface area contributed by atoms with Gasteiger partial charge in [-0.05, 0) is 59.2 Å². The van der Waals surface area contributed by atoms with E-state index in [1.54, 1.807) is 0 Å². The van der Waals surface area contributed by atoms with Crippen molar-refractivity contribution in [2.24, 2.45) is 5.92 Å². The third kappa shape index (κ3) is 4.92. The van der Waals surface area contributed by atoms with Crippen molar-refractivity contribution in [3.63, 3.8) is 0 Å². The van der Waals surface area contributed by atoms with Gasteiger partial charge in [0.15, 0.2) is 0 Å². The first kappa shape index (κ1) is 17.2. The predicted octanol–water partition coefficient (Wildman–Crippen LogP) is 1.81. The average molecular weight is 297 g/mol. The summed E-state index contributed by atoms with van der Waals surface area (Å²) in [5, 5.41) is 3.82. The minimum Gasteiger partial charge on any atom is -0.379 e. The number of rotatable bonds is 6. The molecule has 0 aromatic carbocycles. The first-order chi connectivity index (χ1) is 10.0. The Kier molecular flexibility index (Phi) is 6.48. The monoisotopic (exact) mass is 297 g/mol. The van der Waals surface area contributed by atoms with Gasteiger partial charge in [0.25, 0.3) is 0 Å². The number of ether oxygens (including phenoxy) is 1. The number of nitrogens with one attached hydrogen (secondary N) is 1. The van der Waals surface area contributed by atoms with Crippen molar-refractivity contribution in [1.82, 2.24) is 15.1 Å². The zero-order valence-electron chi connectivity index (χ0n) is 14.5. The molecule has 2 fully saturated rings. The molecule has 21 heavy (non-hydrogen) atoms. The number of hydrogen-bond acceptors (Lipinski definition) is 4. The van der Waals surface area contributed by atoms with Crippen LogP contribution in [0.4, 0.5) is 0 Å². The van der Waals surface area contributed by atoms with Crippen molar-refractivity contribution in [1.29, 1.82) is 0 Å². The lowest BCUT2D eigenvalue weighted by Crippen LogP contribution is -2.56. The predicted molar refractivity (Wildman–Crippen MR) is 88.8 cm³/mol. The molecule has 0 radical (unpaired) electrons. The van der Waals surface area contributed by atoms with Gasteiger partial charge in [-0.1, -0.05) is 6.92 Å². The molecule has 4 heteroatoms. The smallest absolute Gasteiger partial charge is 0.0594 e. The van der Waals surface area contributed by atoms with Crippen LogP contribution in [0.2, 0.25) is 0 Å². The molecule has 2 aliphatic rings. The molecule has 124 valence electrons. The molecule has 2 aliphatic heterocycles. The molecule has 1 unspecified atom stereocenters. The minimum absolute atomic E-state index is 0.224. The Morgan fingerprint density at radius 1 is 1.14 bits per heavy atom. The van der Waals surface area contributed by atoms with E-state index in [2.05, 4.69) is 42.8 Å². The van der Waals surface area contributed by atoms with Crippen LogP contribution in [0.5, 0.6) is 0 Å². The molecule has 0 aromatic heterocycles. The van der Waals surface area contributed by atoms with Gasteiger partial charge in [0.2, 0.25) is 0 Å². The van der Waals surface area contributed by atoms with E-state index in [0.29, 0.717) is 6.04 Å². The van der Waals surface area contributed by atoms with Gasteiger partial charge in [0.1, 0.15) is 0 Å². The van der Waals surface area contributed by atoms with Gasteiger partial charge in [0.05, 0.1) is 13.2 Å². The second-order valence-corrected chi connectivity index (χ2v) is 7.35. The Hall–Kier alpha value is -0.160. The largest absolute Gasteiger partial charge is 0.379 e. The van der Waals surface area contributed by atoms with Crippen LogP contribution in [0, 0.1) is 5.92 Å². The van der Waals surface area contributed by atoms with E-state index in [9.17, 15) is 0 Å². The molecule has 0 bridgehead atoms. The summed E-state index contributed by atoms with van der Waals surface area (Å²) in [7, 11) is 0. The number of morpholine rings is 1. The van der Waals surface area contributed by atoms with Crippen molar-refractivity contribution in [3.8, 4) is 0 Å². The third-order valence-electron chi connectivity index (χ3n) is 5.51. The standard InChI is InChI=1S/C17H35N3O/c1-5-19-8-6-16(7-9-19)15(2)18-14-17(3,4)20-10-12-21-13-11-20/h15-16,18H,5-14H2,1-4H3. The van der Waals surface area contributed by atoms with Gasteiger partial charge in [0, 0.05) is 31.2 Å². The summed E-state index contributed by atoms with van der Waals surface area (Å²) in [5.41, 5.74) is 0.224. The molecule has 0 aromatic rings. The molecule has 1 N–H and O–H groups in total. The van der Waals surface area contributed by atoms with Crippen LogP contribution in [0.3, 0.4) is 0 Å². The second-order valence-electron chi connectivity index (χ2n) is 7.35. The Bertz CT molecular complexity index is 294. The van der Waals surface area contributed by atoms with Crippen LogP contribution in [0.1, 0.15) is 40.5 Å². The van der Waals surface area contributed by atoms with E-state index in [1.165, 1.54) is 32.5 Å². The molecular weight excluding hydrogens is 262 g/mol. The molecule has 2 rings (SSSR count). The Morgan fingerprint density at radius 3 is 2.33 bits per heavy atom. The van der Waals surface area contributed by atoms with E-state index < -0.39 is 0 Å². The SMILES string of the molecule is CCN1CCC(C(C)NCC(C)(C)N2CCOCC2)CC1. The summed E-state index contributed by atoms with van der Waals surface area (Å²) < 4.78 is 5.47. The number of piperidine rings is 1. The van der Waals surface area contributed by atoms with Crippen molar-refractivity contribution >= 4 is 0 Å². The van der Waals surface area contributed by atoms with Crippen molar-refractivity contribution in [2.75, 3.05) is 52.5 Å². The fraction of sp³-hybridized carbons (Fsp3) is 1.00. The molecule has 0 spiro atoms. The van der Waals surface area contributed by atoms with Gasteiger partial charge in [-0.2, -0.15) is 0 Å². The summed E-state index contributed by atoms with van der Waals surface area (Å²) in [5.74, 6) is 0.841. The zero-order valence-corrected chi connectivity index (χ0v) is 14.5. The second kappa shape index (κ2) is 7.91. The molecule has 0 amide bonds. The molecule has 0 saturated carbocycles. The van der Waals surface area contributed by atoms with Crippen LogP contribution < -0.4 is 5.32 Å². The lowest BCUT2D eigenvalue weighted by Gasteiger charge is -2.42. The Balaban J connectivity index is 1.73. The van der Waals surface area contributed by atoms with Crippen molar-refractivity contribution in [2.45, 2.75) is 52.1 Å². The fourth-order valence-electron chi connectivity index (χ4n) is 3.63. The first-order valence-corrected chi connectivity index (χ1v) is 8.81. The molecular formula is C17H35N3O. The third-order valence-corrected chi connectivity index (χ3v) is 5.51. The molecule has 4 nitrogen and oxygen atoms in total. The van der Waals surface area contributed by atoms with Gasteiger partial charge < -0.3 is 15.0 Å². The van der Waals surface area contributed by atoms with Crippen LogP contribution in [0.25, 0.3) is 0 Å². The van der Waals surface area contributed by atoms with Crippen molar-refractivity contribution < 1.29 is 4.74 Å². The summed E-state index contributed by atoms with van der Waals surface area (Å²) in [6.45, 7) is 18.1. The molecule has 2 heterocycles. The van der Waals surface area contributed by atoms with Crippen LogP contribution in [-0.2, 0) is 4.74 Å². The maximum atomic E-state index is 5.47. The molecule has 0 aliphatic carbocycles. The lowest BCUT2D eigenvalue weighted by atomic mass is 9.89. The van der Waals surface area contributed by atoms with Crippen LogP contribution in [-0.4, -0.2) is 73.9 Å². The first-order valence-electron chi connectivity index (χ1n) is 8.81. The van der Waals surface area contributed by atoms with E-state index in [0.717, 1.165) is 38.8 Å². The van der Waals surface area contributed by atoms with Gasteiger partial charge in [-0.15, -0.1) is 0 Å². The molecule has 1 atom stereocenters. The van der Waals surface area contributed by atoms with Gasteiger partial charge >= 0.3 is 0 Å². The van der Waals surface area contributed by atoms with Crippen LogP contribution >= 0.6 is 0 Å². The van der Waals surface area contributed by atoms with E-state index >= 15 is 0 Å². The Labute approximate surface area is 131 Å². The highest BCUT2D eigenvalue weighted by atomic mass is 16.5.